The Morgan fingerprint density at radius 1 is 0.846 bits per heavy atom. The zero-order valence-corrected chi connectivity index (χ0v) is 17.0. The topological polar surface area (TPSA) is 63.6 Å². The number of hydrogen-bond acceptors (Lipinski definition) is 3. The van der Waals surface area contributed by atoms with Gasteiger partial charge in [0.15, 0.2) is 0 Å². The summed E-state index contributed by atoms with van der Waals surface area (Å²) in [5, 5.41) is 8.58. The zero-order chi connectivity index (χ0) is 19.5. The quantitative estimate of drug-likeness (QED) is 0.172. The second-order valence-corrected chi connectivity index (χ2v) is 7.12. The third kappa shape index (κ3) is 17.5. The molecule has 0 fully saturated rings. The molecule has 26 heavy (non-hydrogen) atoms. The van der Waals surface area contributed by atoms with Crippen LogP contribution in [0.2, 0.25) is 0 Å². The molecule has 0 saturated heterocycles. The number of carboxylic acid groups (broad SMARTS) is 1. The van der Waals surface area contributed by atoms with Crippen molar-refractivity contribution >= 4 is 11.9 Å². The summed E-state index contributed by atoms with van der Waals surface area (Å²) in [6, 6.07) is 0. The Hall–Kier alpha value is -1.32. The van der Waals surface area contributed by atoms with E-state index in [4.69, 9.17) is 9.84 Å². The van der Waals surface area contributed by atoms with Crippen LogP contribution < -0.4 is 0 Å². The maximum atomic E-state index is 11.8. The van der Waals surface area contributed by atoms with Crippen LogP contribution in [0.4, 0.5) is 0 Å². The van der Waals surface area contributed by atoms with E-state index >= 15 is 0 Å². The van der Waals surface area contributed by atoms with Crippen molar-refractivity contribution in [2.24, 2.45) is 0 Å². The molecule has 0 aromatic carbocycles. The number of rotatable bonds is 18. The fourth-order valence-electron chi connectivity index (χ4n) is 2.91. The Labute approximate surface area is 160 Å². The summed E-state index contributed by atoms with van der Waals surface area (Å²) in [5.41, 5.74) is 0. The standard InChI is InChI=1S/C22H40O4/c1-3-5-6-13-17-20(26-22(25)16-4-2)18-14-11-9-7-8-10-12-15-19-21(23)24/h11,14,20H,3-10,12-13,15-19H2,1-2H3,(H,23,24)/b14-11+. The highest BCUT2D eigenvalue weighted by molar-refractivity contribution is 5.69. The van der Waals surface area contributed by atoms with Crippen molar-refractivity contribution in [3.8, 4) is 0 Å². The van der Waals surface area contributed by atoms with Gasteiger partial charge in [0.2, 0.25) is 0 Å². The van der Waals surface area contributed by atoms with E-state index in [1.807, 2.05) is 6.92 Å². The van der Waals surface area contributed by atoms with Gasteiger partial charge in [-0.25, -0.2) is 0 Å². The van der Waals surface area contributed by atoms with Crippen LogP contribution in [0.15, 0.2) is 12.2 Å². The van der Waals surface area contributed by atoms with Crippen molar-refractivity contribution in [1.29, 1.82) is 0 Å². The summed E-state index contributed by atoms with van der Waals surface area (Å²) in [6.45, 7) is 4.20. The van der Waals surface area contributed by atoms with Gasteiger partial charge >= 0.3 is 11.9 Å². The maximum Gasteiger partial charge on any atom is 0.306 e. The zero-order valence-electron chi connectivity index (χ0n) is 17.0. The molecule has 1 atom stereocenters. The van der Waals surface area contributed by atoms with Crippen LogP contribution in [-0.2, 0) is 14.3 Å². The Bertz CT molecular complexity index is 376. The summed E-state index contributed by atoms with van der Waals surface area (Å²) in [6.07, 6.45) is 18.8. The third-order valence-electron chi connectivity index (χ3n) is 4.46. The lowest BCUT2D eigenvalue weighted by Gasteiger charge is -2.16. The van der Waals surface area contributed by atoms with Gasteiger partial charge in [0.05, 0.1) is 0 Å². The van der Waals surface area contributed by atoms with Crippen molar-refractivity contribution in [2.45, 2.75) is 116 Å². The number of unbranched alkanes of at least 4 members (excludes halogenated alkanes) is 8. The smallest absolute Gasteiger partial charge is 0.306 e. The summed E-state index contributed by atoms with van der Waals surface area (Å²) < 4.78 is 5.62. The van der Waals surface area contributed by atoms with Crippen molar-refractivity contribution in [1.82, 2.24) is 0 Å². The molecule has 4 heteroatoms. The van der Waals surface area contributed by atoms with Gasteiger partial charge in [-0.15, -0.1) is 0 Å². The molecule has 0 aliphatic carbocycles. The molecule has 1 unspecified atom stereocenters. The van der Waals surface area contributed by atoms with E-state index in [0.717, 1.165) is 64.2 Å². The number of ether oxygens (including phenoxy) is 1. The number of carboxylic acids is 1. The lowest BCUT2D eigenvalue weighted by atomic mass is 10.1. The highest BCUT2D eigenvalue weighted by Crippen LogP contribution is 2.14. The summed E-state index contributed by atoms with van der Waals surface area (Å²) in [4.78, 5) is 22.2. The number of carbonyl (C=O) groups is 2. The van der Waals surface area contributed by atoms with Crippen LogP contribution in [0, 0.1) is 0 Å². The predicted octanol–water partition coefficient (Wildman–Crippen LogP) is 6.43. The SMILES string of the molecule is CCCCCCC(C/C=C/CCCCCCCC(=O)O)OC(=O)CCC. The molecular weight excluding hydrogens is 328 g/mol. The minimum Gasteiger partial charge on any atom is -0.481 e. The molecule has 0 aromatic rings. The highest BCUT2D eigenvalue weighted by atomic mass is 16.5. The van der Waals surface area contributed by atoms with Gasteiger partial charge in [0.1, 0.15) is 6.10 Å². The van der Waals surface area contributed by atoms with Gasteiger partial charge in [0.25, 0.3) is 0 Å². The van der Waals surface area contributed by atoms with E-state index < -0.39 is 5.97 Å². The second kappa shape index (κ2) is 18.5. The Morgan fingerprint density at radius 3 is 2.23 bits per heavy atom. The predicted molar refractivity (Wildman–Crippen MR) is 107 cm³/mol. The number of carbonyl (C=O) groups excluding carboxylic acids is 1. The molecule has 152 valence electrons. The van der Waals surface area contributed by atoms with Gasteiger partial charge in [-0.2, -0.15) is 0 Å². The number of allylic oxidation sites excluding steroid dienone is 1. The van der Waals surface area contributed by atoms with Crippen molar-refractivity contribution in [2.75, 3.05) is 0 Å². The van der Waals surface area contributed by atoms with Crippen molar-refractivity contribution < 1.29 is 19.4 Å². The molecule has 0 bridgehead atoms. The largest absolute Gasteiger partial charge is 0.481 e. The average molecular weight is 369 g/mol. The van der Waals surface area contributed by atoms with Gasteiger partial charge in [-0.1, -0.05) is 64.5 Å². The number of esters is 1. The molecule has 0 amide bonds. The maximum absolute atomic E-state index is 11.8. The van der Waals surface area contributed by atoms with E-state index in [1.165, 1.54) is 19.3 Å². The van der Waals surface area contributed by atoms with Crippen LogP contribution in [0.25, 0.3) is 0 Å². The molecule has 1 N–H and O–H groups in total. The lowest BCUT2D eigenvalue weighted by molar-refractivity contribution is -0.149. The lowest BCUT2D eigenvalue weighted by Crippen LogP contribution is -2.17. The highest BCUT2D eigenvalue weighted by Gasteiger charge is 2.12. The molecular formula is C22H40O4. The number of aliphatic carboxylic acids is 1. The minimum atomic E-state index is -0.697. The van der Waals surface area contributed by atoms with Gasteiger partial charge in [-0.3, -0.25) is 9.59 Å². The van der Waals surface area contributed by atoms with E-state index in [2.05, 4.69) is 19.1 Å². The normalized spacial score (nSPS) is 12.4. The third-order valence-corrected chi connectivity index (χ3v) is 4.46. The van der Waals surface area contributed by atoms with E-state index in [0.29, 0.717) is 6.42 Å². The van der Waals surface area contributed by atoms with Crippen molar-refractivity contribution in [3.05, 3.63) is 12.2 Å². The Balaban J connectivity index is 3.88. The van der Waals surface area contributed by atoms with Crippen molar-refractivity contribution in [3.63, 3.8) is 0 Å². The van der Waals surface area contributed by atoms with Crippen LogP contribution in [0.3, 0.4) is 0 Å². The van der Waals surface area contributed by atoms with Crippen LogP contribution in [0.1, 0.15) is 110 Å². The van der Waals surface area contributed by atoms with Gasteiger partial charge < -0.3 is 9.84 Å². The molecule has 0 rings (SSSR count). The molecule has 0 aromatic heterocycles. The molecule has 0 spiro atoms. The Kier molecular flexibility index (Phi) is 17.5. The van der Waals surface area contributed by atoms with E-state index in [-0.39, 0.29) is 18.5 Å². The van der Waals surface area contributed by atoms with Crippen LogP contribution in [0.5, 0.6) is 0 Å². The molecule has 4 nitrogen and oxygen atoms in total. The molecule has 0 aliphatic rings. The minimum absolute atomic E-state index is 0.0261. The fraction of sp³-hybridized carbons (Fsp3) is 0.818. The fourth-order valence-corrected chi connectivity index (χ4v) is 2.91. The number of hydrogen-bond donors (Lipinski definition) is 1. The molecule has 0 aliphatic heterocycles. The summed E-state index contributed by atoms with van der Waals surface area (Å²) >= 11 is 0. The second-order valence-electron chi connectivity index (χ2n) is 7.12. The first kappa shape index (κ1) is 24.7. The summed E-state index contributed by atoms with van der Waals surface area (Å²) in [7, 11) is 0. The average Bonchev–Trinajstić information content (AvgIpc) is 2.59. The molecule has 0 heterocycles. The summed E-state index contributed by atoms with van der Waals surface area (Å²) in [5.74, 6) is -0.764. The first-order valence-corrected chi connectivity index (χ1v) is 10.7. The van der Waals surface area contributed by atoms with Gasteiger partial charge in [-0.05, 0) is 38.5 Å². The molecule has 0 saturated carbocycles. The van der Waals surface area contributed by atoms with Crippen LogP contribution in [-0.4, -0.2) is 23.1 Å². The van der Waals surface area contributed by atoms with E-state index in [9.17, 15) is 9.59 Å². The first-order chi connectivity index (χ1) is 12.6. The van der Waals surface area contributed by atoms with E-state index in [1.54, 1.807) is 0 Å². The molecule has 0 radical (unpaired) electrons. The monoisotopic (exact) mass is 368 g/mol. The van der Waals surface area contributed by atoms with Gasteiger partial charge in [0, 0.05) is 19.3 Å². The van der Waals surface area contributed by atoms with Crippen LogP contribution >= 0.6 is 0 Å². The first-order valence-electron chi connectivity index (χ1n) is 10.7. The Morgan fingerprint density at radius 2 is 1.54 bits per heavy atom.